The van der Waals surface area contributed by atoms with Crippen molar-refractivity contribution in [2.45, 2.75) is 38.6 Å². The first-order valence-electron chi connectivity index (χ1n) is 8.32. The number of fused-ring (bicyclic) bond motifs is 1. The first-order valence-corrected chi connectivity index (χ1v) is 9.78. The topological polar surface area (TPSA) is 69.0 Å². The van der Waals surface area contributed by atoms with E-state index >= 15 is 0 Å². The Morgan fingerprint density at radius 3 is 3.00 bits per heavy atom. The highest BCUT2D eigenvalue weighted by molar-refractivity contribution is 14.1. The van der Waals surface area contributed by atoms with E-state index in [1.807, 2.05) is 0 Å². The lowest BCUT2D eigenvalue weighted by Gasteiger charge is -2.11. The molecule has 0 saturated carbocycles. The standard InChI is InChI=1S/C17H20ClIN4O2/c1-25-14-10-13(19)12(18)9-11(14)17(24)20-7-6-16-22-21-15-5-3-2-4-8-23(15)16/h9-10H,2-8H2,1H3,(H,20,24). The number of rotatable bonds is 5. The van der Waals surface area contributed by atoms with Crippen molar-refractivity contribution in [2.75, 3.05) is 13.7 Å². The van der Waals surface area contributed by atoms with Gasteiger partial charge in [0, 0.05) is 29.5 Å². The van der Waals surface area contributed by atoms with Gasteiger partial charge in [0.15, 0.2) is 0 Å². The Bertz CT molecular complexity index is 778. The van der Waals surface area contributed by atoms with Crippen molar-refractivity contribution in [3.05, 3.63) is 37.9 Å². The van der Waals surface area contributed by atoms with Crippen LogP contribution < -0.4 is 10.1 Å². The van der Waals surface area contributed by atoms with Gasteiger partial charge < -0.3 is 14.6 Å². The summed E-state index contributed by atoms with van der Waals surface area (Å²) in [6.07, 6.45) is 5.19. The maximum atomic E-state index is 12.5. The fraction of sp³-hybridized carbons (Fsp3) is 0.471. The lowest BCUT2D eigenvalue weighted by molar-refractivity contribution is 0.0951. The van der Waals surface area contributed by atoms with Crippen molar-refractivity contribution in [1.82, 2.24) is 20.1 Å². The predicted molar refractivity (Wildman–Crippen MR) is 104 cm³/mol. The third-order valence-corrected chi connectivity index (χ3v) is 5.83. The van der Waals surface area contributed by atoms with Crippen LogP contribution >= 0.6 is 34.2 Å². The number of amides is 1. The van der Waals surface area contributed by atoms with Crippen LogP contribution in [0.15, 0.2) is 12.1 Å². The Hall–Kier alpha value is -1.35. The largest absolute Gasteiger partial charge is 0.496 e. The normalized spacial score (nSPS) is 13.9. The molecule has 1 aliphatic rings. The van der Waals surface area contributed by atoms with Crippen LogP contribution in [-0.4, -0.2) is 34.3 Å². The molecule has 3 rings (SSSR count). The number of ether oxygens (including phenoxy) is 1. The van der Waals surface area contributed by atoms with Gasteiger partial charge in [-0.15, -0.1) is 10.2 Å². The molecule has 0 spiro atoms. The summed E-state index contributed by atoms with van der Waals surface area (Å²) in [4.78, 5) is 12.5. The summed E-state index contributed by atoms with van der Waals surface area (Å²) < 4.78 is 8.33. The number of methoxy groups -OCH3 is 1. The molecule has 1 aromatic carbocycles. The van der Waals surface area contributed by atoms with Crippen molar-refractivity contribution in [1.29, 1.82) is 0 Å². The fourth-order valence-electron chi connectivity index (χ4n) is 2.99. The molecule has 6 nitrogen and oxygen atoms in total. The zero-order valence-electron chi connectivity index (χ0n) is 14.0. The number of hydrogen-bond donors (Lipinski definition) is 1. The molecular formula is C17H20ClIN4O2. The maximum absolute atomic E-state index is 12.5. The van der Waals surface area contributed by atoms with Gasteiger partial charge in [0.1, 0.15) is 17.4 Å². The summed E-state index contributed by atoms with van der Waals surface area (Å²) in [7, 11) is 1.54. The second kappa shape index (κ2) is 8.35. The molecule has 1 N–H and O–H groups in total. The molecule has 0 unspecified atom stereocenters. The molecule has 0 atom stereocenters. The first-order chi connectivity index (χ1) is 12.1. The van der Waals surface area contributed by atoms with Crippen LogP contribution in [0.4, 0.5) is 0 Å². The average molecular weight is 475 g/mol. The van der Waals surface area contributed by atoms with E-state index < -0.39 is 0 Å². The molecule has 134 valence electrons. The monoisotopic (exact) mass is 474 g/mol. The van der Waals surface area contributed by atoms with Gasteiger partial charge >= 0.3 is 0 Å². The van der Waals surface area contributed by atoms with E-state index in [0.29, 0.717) is 29.3 Å². The molecule has 1 aromatic heterocycles. The lowest BCUT2D eigenvalue weighted by atomic mass is 10.2. The van der Waals surface area contributed by atoms with Crippen molar-refractivity contribution in [3.63, 3.8) is 0 Å². The van der Waals surface area contributed by atoms with Gasteiger partial charge in [0.25, 0.3) is 5.91 Å². The molecule has 0 fully saturated rings. The van der Waals surface area contributed by atoms with Gasteiger partial charge in [-0.25, -0.2) is 0 Å². The van der Waals surface area contributed by atoms with Gasteiger partial charge in [-0.1, -0.05) is 18.0 Å². The highest BCUT2D eigenvalue weighted by Gasteiger charge is 2.17. The van der Waals surface area contributed by atoms with E-state index in [-0.39, 0.29) is 5.91 Å². The minimum absolute atomic E-state index is 0.203. The minimum Gasteiger partial charge on any atom is -0.496 e. The van der Waals surface area contributed by atoms with E-state index in [0.717, 1.165) is 34.6 Å². The van der Waals surface area contributed by atoms with Gasteiger partial charge in [0.2, 0.25) is 0 Å². The molecule has 1 amide bonds. The number of benzene rings is 1. The summed E-state index contributed by atoms with van der Waals surface area (Å²) >= 11 is 8.24. The second-order valence-electron chi connectivity index (χ2n) is 5.97. The number of nitrogens with one attached hydrogen (secondary N) is 1. The van der Waals surface area contributed by atoms with Crippen LogP contribution in [0.3, 0.4) is 0 Å². The third kappa shape index (κ3) is 4.25. The molecule has 0 bridgehead atoms. The van der Waals surface area contributed by atoms with Gasteiger partial charge in [-0.05, 0) is 47.6 Å². The zero-order chi connectivity index (χ0) is 17.8. The number of aromatic nitrogens is 3. The molecule has 8 heteroatoms. The van der Waals surface area contributed by atoms with Crippen molar-refractivity contribution in [3.8, 4) is 5.75 Å². The molecule has 0 radical (unpaired) electrons. The van der Waals surface area contributed by atoms with Crippen LogP contribution in [-0.2, 0) is 19.4 Å². The molecule has 1 aliphatic heterocycles. The molecule has 2 aromatic rings. The quantitative estimate of drug-likeness (QED) is 0.676. The average Bonchev–Trinajstić information content (AvgIpc) is 2.83. The minimum atomic E-state index is -0.203. The number of aryl methyl sites for hydroxylation is 1. The fourth-order valence-corrected chi connectivity index (χ4v) is 3.59. The Labute approximate surface area is 165 Å². The summed E-state index contributed by atoms with van der Waals surface area (Å²) in [6.45, 7) is 1.45. The summed E-state index contributed by atoms with van der Waals surface area (Å²) in [5.41, 5.74) is 0.438. The number of nitrogens with zero attached hydrogens (tertiary/aromatic N) is 3. The second-order valence-corrected chi connectivity index (χ2v) is 7.54. The van der Waals surface area contributed by atoms with E-state index in [4.69, 9.17) is 16.3 Å². The van der Waals surface area contributed by atoms with Gasteiger partial charge in [-0.3, -0.25) is 4.79 Å². The maximum Gasteiger partial charge on any atom is 0.255 e. The van der Waals surface area contributed by atoms with E-state index in [9.17, 15) is 4.79 Å². The number of halogens is 2. The van der Waals surface area contributed by atoms with Crippen LogP contribution in [0.2, 0.25) is 5.02 Å². The SMILES string of the molecule is COc1cc(I)c(Cl)cc1C(=O)NCCc1nnc2n1CCCCC2. The smallest absolute Gasteiger partial charge is 0.255 e. The van der Waals surface area contributed by atoms with Crippen molar-refractivity contribution in [2.24, 2.45) is 0 Å². The molecule has 2 heterocycles. The van der Waals surface area contributed by atoms with E-state index in [2.05, 4.69) is 42.7 Å². The lowest BCUT2D eigenvalue weighted by Crippen LogP contribution is -2.27. The van der Waals surface area contributed by atoms with Crippen molar-refractivity contribution < 1.29 is 9.53 Å². The molecular weight excluding hydrogens is 455 g/mol. The van der Waals surface area contributed by atoms with E-state index in [1.54, 1.807) is 19.2 Å². The highest BCUT2D eigenvalue weighted by Crippen LogP contribution is 2.28. The summed E-state index contributed by atoms with van der Waals surface area (Å²) in [5.74, 6) is 2.31. The third-order valence-electron chi connectivity index (χ3n) is 4.31. The van der Waals surface area contributed by atoms with E-state index in [1.165, 1.54) is 12.8 Å². The molecule has 25 heavy (non-hydrogen) atoms. The van der Waals surface area contributed by atoms with Crippen molar-refractivity contribution >= 4 is 40.1 Å². The first kappa shape index (κ1) is 18.4. The van der Waals surface area contributed by atoms with Crippen LogP contribution in [0.25, 0.3) is 0 Å². The molecule has 0 saturated heterocycles. The Morgan fingerprint density at radius 1 is 1.36 bits per heavy atom. The molecule has 0 aliphatic carbocycles. The van der Waals surface area contributed by atoms with Crippen LogP contribution in [0, 0.1) is 3.57 Å². The summed E-state index contributed by atoms with van der Waals surface area (Å²) in [6, 6.07) is 3.40. The Balaban J connectivity index is 1.64. The van der Waals surface area contributed by atoms with Gasteiger partial charge in [0.05, 0.1) is 17.7 Å². The Morgan fingerprint density at radius 2 is 2.20 bits per heavy atom. The van der Waals surface area contributed by atoms with Crippen LogP contribution in [0.5, 0.6) is 5.75 Å². The highest BCUT2D eigenvalue weighted by atomic mass is 127. The zero-order valence-corrected chi connectivity index (χ0v) is 16.9. The van der Waals surface area contributed by atoms with Gasteiger partial charge in [-0.2, -0.15) is 0 Å². The number of carbonyl (C=O) groups is 1. The summed E-state index contributed by atoms with van der Waals surface area (Å²) in [5, 5.41) is 12.0. The number of carbonyl (C=O) groups excluding carboxylic acids is 1. The van der Waals surface area contributed by atoms with Crippen LogP contribution in [0.1, 0.15) is 41.3 Å². The predicted octanol–water partition coefficient (Wildman–Crippen LogP) is 3.24. The Kier molecular flexibility index (Phi) is 6.16. The number of hydrogen-bond acceptors (Lipinski definition) is 4.